The van der Waals surface area contributed by atoms with Crippen LogP contribution in [0.15, 0.2) is 29.2 Å². The largest absolute Gasteiger partial charge is 0.306 e. The zero-order valence-electron chi connectivity index (χ0n) is 11.9. The lowest BCUT2D eigenvalue weighted by Crippen LogP contribution is -2.36. The lowest BCUT2D eigenvalue weighted by atomic mass is 9.83. The Labute approximate surface area is 121 Å². The molecule has 0 bridgehead atoms. The normalized spacial score (nSPS) is 30.3. The molecule has 0 radical (unpaired) electrons. The molecule has 1 aromatic carbocycles. The zero-order valence-corrected chi connectivity index (χ0v) is 12.7. The Morgan fingerprint density at radius 2 is 1.95 bits per heavy atom. The van der Waals surface area contributed by atoms with E-state index in [0.717, 1.165) is 12.0 Å². The van der Waals surface area contributed by atoms with Crippen LogP contribution >= 0.6 is 11.8 Å². The van der Waals surface area contributed by atoms with E-state index in [-0.39, 0.29) is 0 Å². The van der Waals surface area contributed by atoms with Crippen molar-refractivity contribution in [2.24, 2.45) is 5.92 Å². The van der Waals surface area contributed by atoms with E-state index in [0.29, 0.717) is 6.04 Å². The fraction of sp³-hybridized carbons (Fsp3) is 0.647. The van der Waals surface area contributed by atoms with Gasteiger partial charge >= 0.3 is 0 Å². The average molecular weight is 275 g/mol. The minimum absolute atomic E-state index is 0.592. The maximum absolute atomic E-state index is 3.92. The summed E-state index contributed by atoms with van der Waals surface area (Å²) in [6.45, 7) is 2.32. The van der Waals surface area contributed by atoms with E-state index in [2.05, 4.69) is 36.5 Å². The van der Waals surface area contributed by atoms with Crippen molar-refractivity contribution in [3.8, 4) is 0 Å². The summed E-state index contributed by atoms with van der Waals surface area (Å²) in [5.41, 5.74) is 1.53. The Morgan fingerprint density at radius 3 is 2.74 bits per heavy atom. The maximum atomic E-state index is 3.92. The van der Waals surface area contributed by atoms with E-state index in [1.54, 1.807) is 0 Å². The molecule has 1 nitrogen and oxygen atoms in total. The number of thioether (sulfide) groups is 1. The second-order valence-electron chi connectivity index (χ2n) is 6.07. The van der Waals surface area contributed by atoms with Crippen molar-refractivity contribution in [2.45, 2.75) is 62.4 Å². The van der Waals surface area contributed by atoms with Gasteiger partial charge in [0.05, 0.1) is 0 Å². The van der Waals surface area contributed by atoms with Crippen LogP contribution in [0.2, 0.25) is 0 Å². The van der Waals surface area contributed by atoms with E-state index < -0.39 is 0 Å². The first-order valence-corrected chi connectivity index (χ1v) is 8.83. The summed E-state index contributed by atoms with van der Waals surface area (Å²) in [4.78, 5) is 1.49. The van der Waals surface area contributed by atoms with Crippen molar-refractivity contribution in [2.75, 3.05) is 5.75 Å². The fourth-order valence-corrected chi connectivity index (χ4v) is 4.78. The van der Waals surface area contributed by atoms with Crippen LogP contribution < -0.4 is 5.32 Å². The van der Waals surface area contributed by atoms with Crippen molar-refractivity contribution in [1.82, 2.24) is 5.32 Å². The molecule has 2 aliphatic rings. The number of hydrogen-bond donors (Lipinski definition) is 1. The summed E-state index contributed by atoms with van der Waals surface area (Å²) in [5, 5.41) is 3.92. The third-order valence-corrected chi connectivity index (χ3v) is 5.86. The van der Waals surface area contributed by atoms with Gasteiger partial charge in [-0.25, -0.2) is 0 Å². The molecule has 1 aliphatic heterocycles. The summed E-state index contributed by atoms with van der Waals surface area (Å²) in [6, 6.07) is 10.2. The molecule has 0 aromatic heterocycles. The quantitative estimate of drug-likeness (QED) is 0.848. The van der Waals surface area contributed by atoms with Crippen molar-refractivity contribution in [3.05, 3.63) is 29.8 Å². The van der Waals surface area contributed by atoms with Gasteiger partial charge in [-0.15, -0.1) is 11.8 Å². The first-order chi connectivity index (χ1) is 9.36. The first-order valence-electron chi connectivity index (χ1n) is 7.84. The molecule has 1 atom stereocenters. The van der Waals surface area contributed by atoms with E-state index in [1.807, 2.05) is 11.8 Å². The SMILES string of the molecule is CCCC1CCC(NC2CSc3ccccc32)CC1. The fourth-order valence-electron chi connectivity index (χ4n) is 3.61. The molecule has 3 rings (SSSR count). The topological polar surface area (TPSA) is 12.0 Å². The second-order valence-corrected chi connectivity index (χ2v) is 7.14. The predicted molar refractivity (Wildman–Crippen MR) is 83.7 cm³/mol. The van der Waals surface area contributed by atoms with Gasteiger partial charge < -0.3 is 5.32 Å². The Morgan fingerprint density at radius 1 is 1.16 bits per heavy atom. The van der Waals surface area contributed by atoms with Crippen LogP contribution in [0, 0.1) is 5.92 Å². The third kappa shape index (κ3) is 3.17. The summed E-state index contributed by atoms with van der Waals surface area (Å²) < 4.78 is 0. The second kappa shape index (κ2) is 6.32. The first kappa shape index (κ1) is 13.5. The molecule has 1 aliphatic carbocycles. The maximum Gasteiger partial charge on any atom is 0.0428 e. The monoisotopic (exact) mass is 275 g/mol. The van der Waals surface area contributed by atoms with Crippen molar-refractivity contribution >= 4 is 11.8 Å². The molecular formula is C17H25NS. The van der Waals surface area contributed by atoms with Crippen molar-refractivity contribution in [3.63, 3.8) is 0 Å². The summed E-state index contributed by atoms with van der Waals surface area (Å²) in [7, 11) is 0. The van der Waals surface area contributed by atoms with Crippen molar-refractivity contribution < 1.29 is 0 Å². The summed E-state index contributed by atoms with van der Waals surface area (Å²) in [6.07, 6.45) is 8.44. The molecule has 1 saturated carbocycles. The molecular weight excluding hydrogens is 250 g/mol. The Hall–Kier alpha value is -0.470. The van der Waals surface area contributed by atoms with Gasteiger partial charge in [0.2, 0.25) is 0 Å². The molecule has 19 heavy (non-hydrogen) atoms. The van der Waals surface area contributed by atoms with Gasteiger partial charge in [-0.2, -0.15) is 0 Å². The van der Waals surface area contributed by atoms with Crippen molar-refractivity contribution in [1.29, 1.82) is 0 Å². The number of hydrogen-bond acceptors (Lipinski definition) is 2. The van der Waals surface area contributed by atoms with Gasteiger partial charge in [-0.3, -0.25) is 0 Å². The molecule has 0 spiro atoms. The van der Waals surface area contributed by atoms with Gasteiger partial charge in [-0.1, -0.05) is 38.0 Å². The van der Waals surface area contributed by atoms with E-state index in [9.17, 15) is 0 Å². The third-order valence-electron chi connectivity index (χ3n) is 4.68. The number of nitrogens with one attached hydrogen (secondary N) is 1. The lowest BCUT2D eigenvalue weighted by molar-refractivity contribution is 0.267. The minimum Gasteiger partial charge on any atom is -0.306 e. The van der Waals surface area contributed by atoms with Gasteiger partial charge in [-0.05, 0) is 43.2 Å². The van der Waals surface area contributed by atoms with Crippen LogP contribution in [-0.4, -0.2) is 11.8 Å². The van der Waals surface area contributed by atoms with Gasteiger partial charge in [0, 0.05) is 22.7 Å². The highest BCUT2D eigenvalue weighted by molar-refractivity contribution is 7.99. The molecule has 1 unspecified atom stereocenters. The molecule has 1 N–H and O–H groups in total. The Bertz CT molecular complexity index is 409. The zero-order chi connectivity index (χ0) is 13.1. The van der Waals surface area contributed by atoms with Crippen LogP contribution in [0.1, 0.15) is 57.1 Å². The van der Waals surface area contributed by atoms with Gasteiger partial charge in [0.15, 0.2) is 0 Å². The van der Waals surface area contributed by atoms with Crippen LogP contribution in [0.25, 0.3) is 0 Å². The van der Waals surface area contributed by atoms with Crippen LogP contribution in [-0.2, 0) is 0 Å². The minimum atomic E-state index is 0.592. The van der Waals surface area contributed by atoms with Crippen LogP contribution in [0.5, 0.6) is 0 Å². The molecule has 0 amide bonds. The summed E-state index contributed by atoms with van der Waals surface area (Å²) in [5.74, 6) is 2.22. The van der Waals surface area contributed by atoms with Gasteiger partial charge in [0.1, 0.15) is 0 Å². The van der Waals surface area contributed by atoms with E-state index in [1.165, 1.54) is 54.7 Å². The highest BCUT2D eigenvalue weighted by atomic mass is 32.2. The number of fused-ring (bicyclic) bond motifs is 1. The smallest absolute Gasteiger partial charge is 0.0428 e. The molecule has 1 fully saturated rings. The average Bonchev–Trinajstić information content (AvgIpc) is 2.85. The van der Waals surface area contributed by atoms with Crippen LogP contribution in [0.4, 0.5) is 0 Å². The molecule has 104 valence electrons. The lowest BCUT2D eigenvalue weighted by Gasteiger charge is -2.31. The highest BCUT2D eigenvalue weighted by Gasteiger charge is 2.27. The molecule has 0 saturated heterocycles. The molecule has 1 heterocycles. The highest BCUT2D eigenvalue weighted by Crippen LogP contribution is 2.39. The van der Waals surface area contributed by atoms with E-state index in [4.69, 9.17) is 0 Å². The van der Waals surface area contributed by atoms with E-state index >= 15 is 0 Å². The molecule has 2 heteroatoms. The molecule has 1 aromatic rings. The summed E-state index contributed by atoms with van der Waals surface area (Å²) >= 11 is 2.01. The number of benzene rings is 1. The van der Waals surface area contributed by atoms with Gasteiger partial charge in [0.25, 0.3) is 0 Å². The Kier molecular flexibility index (Phi) is 4.49. The Balaban J connectivity index is 1.54. The predicted octanol–water partition coefficient (Wildman–Crippen LogP) is 4.78. The number of rotatable bonds is 4. The van der Waals surface area contributed by atoms with Crippen LogP contribution in [0.3, 0.4) is 0 Å². The standard InChI is InChI=1S/C17H25NS/c1-2-5-13-8-10-14(11-9-13)18-16-12-19-17-7-4-3-6-15(16)17/h3-4,6-7,13-14,16,18H,2,5,8-12H2,1H3.